The second-order valence-corrected chi connectivity index (χ2v) is 4.82. The van der Waals surface area contributed by atoms with Gasteiger partial charge in [-0.05, 0) is 53.0 Å². The molecule has 92 valence electrons. The molecule has 0 radical (unpaired) electrons. The van der Waals surface area contributed by atoms with Gasteiger partial charge in [-0.25, -0.2) is 4.98 Å². The Morgan fingerprint density at radius 2 is 2.06 bits per heavy atom. The van der Waals surface area contributed by atoms with Gasteiger partial charge in [-0.15, -0.1) is 0 Å². The van der Waals surface area contributed by atoms with E-state index >= 15 is 0 Å². The van der Waals surface area contributed by atoms with E-state index in [9.17, 15) is 4.79 Å². The zero-order valence-corrected chi connectivity index (χ0v) is 11.7. The fourth-order valence-corrected chi connectivity index (χ4v) is 1.74. The Labute approximate surface area is 114 Å². The van der Waals surface area contributed by atoms with Crippen LogP contribution >= 0.6 is 15.9 Å². The van der Waals surface area contributed by atoms with Crippen molar-refractivity contribution in [2.24, 2.45) is 0 Å². The first kappa shape index (κ1) is 12.7. The highest BCUT2D eigenvalue weighted by atomic mass is 79.9. The lowest BCUT2D eigenvalue weighted by atomic mass is 10.1. The lowest BCUT2D eigenvalue weighted by Crippen LogP contribution is -2.14. The molecule has 0 saturated carbocycles. The Morgan fingerprint density at radius 1 is 1.28 bits per heavy atom. The third kappa shape index (κ3) is 2.73. The van der Waals surface area contributed by atoms with E-state index in [-0.39, 0.29) is 5.91 Å². The maximum absolute atomic E-state index is 12.0. The van der Waals surface area contributed by atoms with E-state index < -0.39 is 0 Å². The normalized spacial score (nSPS) is 10.2. The molecule has 2 heterocycles. The zero-order valence-electron chi connectivity index (χ0n) is 10.1. The van der Waals surface area contributed by atoms with Crippen LogP contribution in [-0.4, -0.2) is 15.9 Å². The number of nitrogens with one attached hydrogen (secondary N) is 1. The van der Waals surface area contributed by atoms with Crippen molar-refractivity contribution in [2.75, 3.05) is 5.32 Å². The van der Waals surface area contributed by atoms with Gasteiger partial charge in [0.2, 0.25) is 0 Å². The Bertz CT molecular complexity index is 599. The number of aryl methyl sites for hydroxylation is 2. The molecule has 4 nitrogen and oxygen atoms in total. The van der Waals surface area contributed by atoms with Crippen LogP contribution in [0.1, 0.15) is 21.5 Å². The van der Waals surface area contributed by atoms with Gasteiger partial charge >= 0.3 is 0 Å². The first-order valence-electron chi connectivity index (χ1n) is 5.42. The van der Waals surface area contributed by atoms with Crippen molar-refractivity contribution < 1.29 is 4.79 Å². The molecule has 1 N–H and O–H groups in total. The molecule has 0 fully saturated rings. The van der Waals surface area contributed by atoms with Crippen LogP contribution < -0.4 is 5.32 Å². The second kappa shape index (κ2) is 5.27. The number of anilines is 1. The number of carbonyl (C=O) groups is 1. The zero-order chi connectivity index (χ0) is 13.1. The minimum Gasteiger partial charge on any atom is -0.307 e. The number of aromatic nitrogens is 2. The molecular weight excluding hydrogens is 294 g/mol. The molecule has 2 aromatic rings. The fourth-order valence-electron chi connectivity index (χ4n) is 1.52. The molecule has 0 saturated heterocycles. The molecule has 0 aliphatic heterocycles. The topological polar surface area (TPSA) is 54.9 Å². The Hall–Kier alpha value is -1.75. The highest BCUT2D eigenvalue weighted by Crippen LogP contribution is 2.18. The van der Waals surface area contributed by atoms with Gasteiger partial charge in [0.25, 0.3) is 5.91 Å². The van der Waals surface area contributed by atoms with Crippen molar-refractivity contribution >= 4 is 27.7 Å². The maximum Gasteiger partial charge on any atom is 0.257 e. The smallest absolute Gasteiger partial charge is 0.257 e. The van der Waals surface area contributed by atoms with Gasteiger partial charge in [0.1, 0.15) is 5.82 Å². The lowest BCUT2D eigenvalue weighted by molar-refractivity contribution is 0.102. The van der Waals surface area contributed by atoms with E-state index in [2.05, 4.69) is 31.2 Å². The van der Waals surface area contributed by atoms with Gasteiger partial charge in [-0.3, -0.25) is 9.78 Å². The highest BCUT2D eigenvalue weighted by Gasteiger charge is 2.09. The number of hydrogen-bond donors (Lipinski definition) is 1. The summed E-state index contributed by atoms with van der Waals surface area (Å²) in [5.41, 5.74) is 2.46. The van der Waals surface area contributed by atoms with Gasteiger partial charge in [0.05, 0.1) is 0 Å². The molecule has 5 heteroatoms. The maximum atomic E-state index is 12.0. The van der Waals surface area contributed by atoms with Crippen LogP contribution in [0.3, 0.4) is 0 Å². The van der Waals surface area contributed by atoms with Gasteiger partial charge < -0.3 is 5.32 Å². The van der Waals surface area contributed by atoms with E-state index in [1.54, 1.807) is 24.7 Å². The first-order chi connectivity index (χ1) is 8.58. The number of carbonyl (C=O) groups excluding carboxylic acids is 1. The van der Waals surface area contributed by atoms with Crippen LogP contribution in [0.5, 0.6) is 0 Å². The third-order valence-electron chi connectivity index (χ3n) is 2.55. The Balaban J connectivity index is 2.22. The Kier molecular flexibility index (Phi) is 3.72. The third-order valence-corrected chi connectivity index (χ3v) is 3.38. The van der Waals surface area contributed by atoms with E-state index in [4.69, 9.17) is 0 Å². The average molecular weight is 306 g/mol. The van der Waals surface area contributed by atoms with Crippen molar-refractivity contribution in [1.82, 2.24) is 9.97 Å². The number of rotatable bonds is 2. The summed E-state index contributed by atoms with van der Waals surface area (Å²) in [6, 6.07) is 3.51. The summed E-state index contributed by atoms with van der Waals surface area (Å²) < 4.78 is 0.917. The van der Waals surface area contributed by atoms with E-state index in [0.717, 1.165) is 15.6 Å². The van der Waals surface area contributed by atoms with Crippen LogP contribution in [0.15, 0.2) is 35.2 Å². The summed E-state index contributed by atoms with van der Waals surface area (Å²) in [6.07, 6.45) is 4.93. The number of nitrogens with zero attached hydrogens (tertiary/aromatic N) is 2. The van der Waals surface area contributed by atoms with Crippen molar-refractivity contribution in [3.8, 4) is 0 Å². The molecule has 0 aliphatic rings. The van der Waals surface area contributed by atoms with Crippen LogP contribution in [0, 0.1) is 13.8 Å². The van der Waals surface area contributed by atoms with Gasteiger partial charge in [0, 0.05) is 28.6 Å². The summed E-state index contributed by atoms with van der Waals surface area (Å²) in [5.74, 6) is 0.362. The average Bonchev–Trinajstić information content (AvgIpc) is 2.34. The monoisotopic (exact) mass is 305 g/mol. The predicted octanol–water partition coefficient (Wildman–Crippen LogP) is 3.11. The van der Waals surface area contributed by atoms with Gasteiger partial charge in [-0.1, -0.05) is 0 Å². The summed E-state index contributed by atoms with van der Waals surface area (Å²) in [6.45, 7) is 3.79. The number of hydrogen-bond acceptors (Lipinski definition) is 3. The lowest BCUT2D eigenvalue weighted by Gasteiger charge is -2.07. The van der Waals surface area contributed by atoms with Crippen LogP contribution in [-0.2, 0) is 0 Å². The molecule has 2 aromatic heterocycles. The standard InChI is InChI=1S/C13H12BrN3O/c1-8-5-12(16-7-11(8)14)17-13(18)10-3-4-15-6-9(10)2/h3-7H,1-2H3,(H,16,17,18). The summed E-state index contributed by atoms with van der Waals surface area (Å²) in [4.78, 5) is 20.1. The number of halogens is 1. The SMILES string of the molecule is Cc1cc(NC(=O)c2ccncc2C)ncc1Br. The minimum atomic E-state index is -0.177. The van der Waals surface area contributed by atoms with Crippen molar-refractivity contribution in [3.63, 3.8) is 0 Å². The molecule has 18 heavy (non-hydrogen) atoms. The number of pyridine rings is 2. The van der Waals surface area contributed by atoms with Crippen LogP contribution in [0.25, 0.3) is 0 Å². The summed E-state index contributed by atoms with van der Waals surface area (Å²) in [5, 5.41) is 2.77. The van der Waals surface area contributed by atoms with E-state index in [1.807, 2.05) is 19.9 Å². The van der Waals surface area contributed by atoms with Gasteiger partial charge in [0.15, 0.2) is 0 Å². The van der Waals surface area contributed by atoms with Crippen molar-refractivity contribution in [1.29, 1.82) is 0 Å². The predicted molar refractivity (Wildman–Crippen MR) is 73.6 cm³/mol. The summed E-state index contributed by atoms with van der Waals surface area (Å²) >= 11 is 3.37. The van der Waals surface area contributed by atoms with Gasteiger partial charge in [-0.2, -0.15) is 0 Å². The Morgan fingerprint density at radius 3 is 2.72 bits per heavy atom. The molecule has 0 aliphatic carbocycles. The molecular formula is C13H12BrN3O. The fraction of sp³-hybridized carbons (Fsp3) is 0.154. The van der Waals surface area contributed by atoms with E-state index in [1.165, 1.54) is 0 Å². The quantitative estimate of drug-likeness (QED) is 0.927. The highest BCUT2D eigenvalue weighted by molar-refractivity contribution is 9.10. The van der Waals surface area contributed by atoms with Crippen LogP contribution in [0.4, 0.5) is 5.82 Å². The van der Waals surface area contributed by atoms with E-state index in [0.29, 0.717) is 11.4 Å². The summed E-state index contributed by atoms with van der Waals surface area (Å²) in [7, 11) is 0. The molecule has 0 bridgehead atoms. The van der Waals surface area contributed by atoms with Crippen molar-refractivity contribution in [2.45, 2.75) is 13.8 Å². The molecule has 0 spiro atoms. The first-order valence-corrected chi connectivity index (χ1v) is 6.21. The molecule has 2 rings (SSSR count). The number of amides is 1. The molecule has 0 atom stereocenters. The van der Waals surface area contributed by atoms with Crippen molar-refractivity contribution in [3.05, 3.63) is 51.9 Å². The second-order valence-electron chi connectivity index (χ2n) is 3.96. The molecule has 0 aromatic carbocycles. The molecule has 1 amide bonds. The minimum absolute atomic E-state index is 0.177. The largest absolute Gasteiger partial charge is 0.307 e. The van der Waals surface area contributed by atoms with Crippen LogP contribution in [0.2, 0.25) is 0 Å². The molecule has 0 unspecified atom stereocenters.